The second kappa shape index (κ2) is 7.51. The molecule has 25 heavy (non-hydrogen) atoms. The summed E-state index contributed by atoms with van der Waals surface area (Å²) in [5, 5.41) is 1.13. The molecule has 1 heterocycles. The van der Waals surface area contributed by atoms with Gasteiger partial charge < -0.3 is 4.74 Å². The zero-order valence-corrected chi connectivity index (χ0v) is 15.4. The van der Waals surface area contributed by atoms with Crippen molar-refractivity contribution in [3.05, 3.63) is 58.6 Å². The molecular weight excluding hydrogens is 382 g/mol. The maximum atomic E-state index is 12.2. The van der Waals surface area contributed by atoms with Gasteiger partial charge in [0.1, 0.15) is 11.6 Å². The Labute approximate surface area is 154 Å². The first-order valence-electron chi connectivity index (χ1n) is 7.42. The summed E-state index contributed by atoms with van der Waals surface area (Å²) >= 11 is 7.19. The number of aromatic nitrogens is 1. The normalized spacial score (nSPS) is 11.6. The summed E-state index contributed by atoms with van der Waals surface area (Å²) in [7, 11) is -3.55. The summed E-state index contributed by atoms with van der Waals surface area (Å²) in [6.45, 7) is 0.0408. The fraction of sp³-hybridized carbons (Fsp3) is 0.176. The number of rotatable bonds is 6. The number of fused-ring (bicyclic) bond motifs is 1. The second-order valence-corrected chi connectivity index (χ2v) is 8.92. The standard InChI is InChI=1S/C17H14ClNO4S2/c18-12-5-7-13(8-6-12)25(21,22)10-9-17(20)23-11-16-19-14-3-1-2-4-15(14)24-16/h1-8H,9-11H2. The number of benzene rings is 2. The highest BCUT2D eigenvalue weighted by atomic mass is 35.5. The lowest BCUT2D eigenvalue weighted by atomic mass is 10.3. The average molecular weight is 396 g/mol. The van der Waals surface area contributed by atoms with Crippen LogP contribution in [0.5, 0.6) is 0 Å². The number of para-hydroxylation sites is 1. The molecule has 130 valence electrons. The first kappa shape index (κ1) is 17.8. The number of hydrogen-bond donors (Lipinski definition) is 0. The Morgan fingerprint density at radius 2 is 1.84 bits per heavy atom. The maximum absolute atomic E-state index is 12.2. The van der Waals surface area contributed by atoms with Gasteiger partial charge in [0.2, 0.25) is 0 Å². The third-order valence-electron chi connectivity index (χ3n) is 3.44. The monoisotopic (exact) mass is 395 g/mol. The van der Waals surface area contributed by atoms with Crippen molar-refractivity contribution in [3.63, 3.8) is 0 Å². The molecule has 0 bridgehead atoms. The van der Waals surface area contributed by atoms with Gasteiger partial charge in [0.25, 0.3) is 0 Å². The van der Waals surface area contributed by atoms with E-state index in [1.54, 1.807) is 0 Å². The van der Waals surface area contributed by atoms with Crippen LogP contribution in [0.4, 0.5) is 0 Å². The lowest BCUT2D eigenvalue weighted by molar-refractivity contribution is -0.144. The number of nitrogens with zero attached hydrogens (tertiary/aromatic N) is 1. The van der Waals surface area contributed by atoms with Gasteiger partial charge in [-0.05, 0) is 36.4 Å². The minimum Gasteiger partial charge on any atom is -0.458 e. The molecule has 3 aromatic rings. The number of esters is 1. The van der Waals surface area contributed by atoms with Gasteiger partial charge >= 0.3 is 5.97 Å². The van der Waals surface area contributed by atoms with Crippen molar-refractivity contribution in [2.75, 3.05) is 5.75 Å². The second-order valence-electron chi connectivity index (χ2n) is 5.26. The number of sulfone groups is 1. The smallest absolute Gasteiger partial charge is 0.307 e. The van der Waals surface area contributed by atoms with Crippen molar-refractivity contribution in [2.24, 2.45) is 0 Å². The molecule has 0 unspecified atom stereocenters. The molecule has 1 aromatic heterocycles. The lowest BCUT2D eigenvalue weighted by Gasteiger charge is -2.05. The van der Waals surface area contributed by atoms with Crippen molar-refractivity contribution in [3.8, 4) is 0 Å². The zero-order chi connectivity index (χ0) is 17.9. The Kier molecular flexibility index (Phi) is 5.36. The predicted octanol–water partition coefficient (Wildman–Crippen LogP) is 3.86. The molecule has 5 nitrogen and oxygen atoms in total. The number of carbonyl (C=O) groups excluding carboxylic acids is 1. The molecule has 2 aromatic carbocycles. The minimum atomic E-state index is -3.55. The minimum absolute atomic E-state index is 0.0408. The third-order valence-corrected chi connectivity index (χ3v) is 6.44. The highest BCUT2D eigenvalue weighted by Gasteiger charge is 2.17. The van der Waals surface area contributed by atoms with Crippen molar-refractivity contribution in [1.82, 2.24) is 4.98 Å². The molecule has 0 saturated carbocycles. The first-order chi connectivity index (χ1) is 11.9. The van der Waals surface area contributed by atoms with Gasteiger partial charge in [0.15, 0.2) is 9.84 Å². The van der Waals surface area contributed by atoms with E-state index >= 15 is 0 Å². The first-order valence-corrected chi connectivity index (χ1v) is 10.3. The van der Waals surface area contributed by atoms with Crippen LogP contribution in [0.15, 0.2) is 53.4 Å². The predicted molar refractivity (Wildman–Crippen MR) is 97.5 cm³/mol. The van der Waals surface area contributed by atoms with Crippen LogP contribution < -0.4 is 0 Å². The van der Waals surface area contributed by atoms with Crippen LogP contribution in [0.3, 0.4) is 0 Å². The SMILES string of the molecule is O=C(CCS(=O)(=O)c1ccc(Cl)cc1)OCc1nc2ccccc2s1. The number of halogens is 1. The van der Waals surface area contributed by atoms with Gasteiger partial charge in [-0.15, -0.1) is 11.3 Å². The van der Waals surface area contributed by atoms with Crippen LogP contribution in [0, 0.1) is 0 Å². The molecule has 0 aliphatic rings. The van der Waals surface area contributed by atoms with Crippen molar-refractivity contribution in [1.29, 1.82) is 0 Å². The summed E-state index contributed by atoms with van der Waals surface area (Å²) in [5.41, 5.74) is 0.851. The molecule has 0 spiro atoms. The molecule has 3 rings (SSSR count). The van der Waals surface area contributed by atoms with Gasteiger partial charge in [-0.3, -0.25) is 4.79 Å². The van der Waals surface area contributed by atoms with Crippen LogP contribution in [0.25, 0.3) is 10.2 Å². The quantitative estimate of drug-likeness (QED) is 0.592. The van der Waals surface area contributed by atoms with Crippen LogP contribution >= 0.6 is 22.9 Å². The average Bonchev–Trinajstić information content (AvgIpc) is 3.01. The van der Waals surface area contributed by atoms with E-state index in [1.165, 1.54) is 35.6 Å². The van der Waals surface area contributed by atoms with Gasteiger partial charge in [0.05, 0.1) is 27.3 Å². The maximum Gasteiger partial charge on any atom is 0.307 e. The van der Waals surface area contributed by atoms with Crippen LogP contribution in [-0.2, 0) is 26.0 Å². The number of carbonyl (C=O) groups is 1. The Hall–Kier alpha value is -1.96. The molecule has 8 heteroatoms. The fourth-order valence-corrected chi connectivity index (χ4v) is 4.40. The summed E-state index contributed by atoms with van der Waals surface area (Å²) in [5.74, 6) is -0.885. The largest absolute Gasteiger partial charge is 0.458 e. The Balaban J connectivity index is 1.54. The van der Waals surface area contributed by atoms with E-state index in [-0.39, 0.29) is 23.7 Å². The van der Waals surface area contributed by atoms with E-state index in [0.717, 1.165) is 10.2 Å². The molecule has 0 atom stereocenters. The van der Waals surface area contributed by atoms with E-state index in [1.807, 2.05) is 24.3 Å². The van der Waals surface area contributed by atoms with Crippen LogP contribution in [-0.4, -0.2) is 25.1 Å². The number of hydrogen-bond acceptors (Lipinski definition) is 6. The molecular formula is C17H14ClNO4S2. The van der Waals surface area contributed by atoms with E-state index in [2.05, 4.69) is 4.98 Å². The summed E-state index contributed by atoms with van der Waals surface area (Å²) < 4.78 is 30.5. The van der Waals surface area contributed by atoms with Crippen molar-refractivity contribution >= 4 is 49.0 Å². The van der Waals surface area contributed by atoms with Crippen LogP contribution in [0.2, 0.25) is 5.02 Å². The molecule has 0 aliphatic carbocycles. The third kappa shape index (κ3) is 4.56. The van der Waals surface area contributed by atoms with Crippen LogP contribution in [0.1, 0.15) is 11.4 Å². The summed E-state index contributed by atoms with van der Waals surface area (Å²) in [6, 6.07) is 13.5. The van der Waals surface area contributed by atoms with E-state index < -0.39 is 15.8 Å². The Morgan fingerprint density at radius 3 is 2.56 bits per heavy atom. The fourth-order valence-electron chi connectivity index (χ4n) is 2.17. The topological polar surface area (TPSA) is 73.3 Å². The van der Waals surface area contributed by atoms with E-state index in [4.69, 9.17) is 16.3 Å². The van der Waals surface area contributed by atoms with Crippen molar-refractivity contribution in [2.45, 2.75) is 17.9 Å². The molecule has 0 aliphatic heterocycles. The summed E-state index contributed by atoms with van der Waals surface area (Å²) in [6.07, 6.45) is -0.212. The molecule has 0 radical (unpaired) electrons. The number of ether oxygens (including phenoxy) is 1. The molecule has 0 fully saturated rings. The van der Waals surface area contributed by atoms with E-state index in [0.29, 0.717) is 10.0 Å². The highest BCUT2D eigenvalue weighted by Crippen LogP contribution is 2.22. The van der Waals surface area contributed by atoms with Gasteiger partial charge in [0, 0.05) is 5.02 Å². The molecule has 0 amide bonds. The number of thiazole rings is 1. The van der Waals surface area contributed by atoms with Gasteiger partial charge in [-0.1, -0.05) is 23.7 Å². The Bertz CT molecular complexity index is 964. The zero-order valence-electron chi connectivity index (χ0n) is 13.0. The summed E-state index contributed by atoms with van der Waals surface area (Å²) in [4.78, 5) is 16.3. The molecule has 0 N–H and O–H groups in total. The van der Waals surface area contributed by atoms with Gasteiger partial charge in [-0.25, -0.2) is 13.4 Å². The van der Waals surface area contributed by atoms with Crippen molar-refractivity contribution < 1.29 is 17.9 Å². The molecule has 0 saturated heterocycles. The lowest BCUT2D eigenvalue weighted by Crippen LogP contribution is -2.13. The highest BCUT2D eigenvalue weighted by molar-refractivity contribution is 7.91. The van der Waals surface area contributed by atoms with Gasteiger partial charge in [-0.2, -0.15) is 0 Å². The Morgan fingerprint density at radius 1 is 1.12 bits per heavy atom. The van der Waals surface area contributed by atoms with E-state index in [9.17, 15) is 13.2 Å².